The van der Waals surface area contributed by atoms with Crippen molar-refractivity contribution in [2.75, 3.05) is 13.2 Å². The minimum absolute atomic E-state index is 0.218. The Balaban J connectivity index is 3.15. The van der Waals surface area contributed by atoms with Crippen LogP contribution in [0.4, 0.5) is 0 Å². The maximum absolute atomic E-state index is 12.5. The molecule has 1 aromatic rings. The molecule has 1 atom stereocenters. The molecule has 0 saturated heterocycles. The van der Waals surface area contributed by atoms with E-state index < -0.39 is 13.3 Å². The Bertz CT molecular complexity index is 476. The Morgan fingerprint density at radius 1 is 1.39 bits per heavy atom. The van der Waals surface area contributed by atoms with Crippen LogP contribution in [0.1, 0.15) is 25.1 Å². The average Bonchev–Trinajstić information content (AvgIpc) is 2.30. The zero-order valence-corrected chi connectivity index (χ0v) is 11.9. The molecule has 0 amide bonds. The van der Waals surface area contributed by atoms with Gasteiger partial charge in [-0.1, -0.05) is 23.7 Å². The van der Waals surface area contributed by atoms with Gasteiger partial charge in [0.15, 0.2) is 5.66 Å². The van der Waals surface area contributed by atoms with E-state index in [0.717, 1.165) is 0 Å². The molecule has 18 heavy (non-hydrogen) atoms. The van der Waals surface area contributed by atoms with Crippen molar-refractivity contribution in [3.63, 3.8) is 0 Å². The molecule has 0 N–H and O–H groups in total. The molecule has 0 aliphatic carbocycles. The largest absolute Gasteiger partial charge is 0.352 e. The smallest absolute Gasteiger partial charge is 0.308 e. The fourth-order valence-electron chi connectivity index (χ4n) is 1.55. The molecule has 0 aliphatic rings. The topological polar surface area (TPSA) is 59.3 Å². The lowest BCUT2D eigenvalue weighted by Crippen LogP contribution is -2.05. The minimum Gasteiger partial charge on any atom is -0.308 e. The van der Waals surface area contributed by atoms with E-state index in [4.69, 9.17) is 20.6 Å². The van der Waals surface area contributed by atoms with E-state index in [0.29, 0.717) is 10.6 Å². The zero-order chi connectivity index (χ0) is 13.6. The average molecular weight is 288 g/mol. The zero-order valence-electron chi connectivity index (χ0n) is 10.3. The monoisotopic (exact) mass is 287 g/mol. The first-order chi connectivity index (χ1) is 8.57. The molecular formula is C12H15ClNO3P. The summed E-state index contributed by atoms with van der Waals surface area (Å²) < 4.78 is 22.9. The summed E-state index contributed by atoms with van der Waals surface area (Å²) in [5.41, 5.74) is -0.425. The Labute approximate surface area is 112 Å². The summed E-state index contributed by atoms with van der Waals surface area (Å²) in [5, 5.41) is 9.71. The van der Waals surface area contributed by atoms with Gasteiger partial charge in [-0.2, -0.15) is 5.26 Å². The van der Waals surface area contributed by atoms with E-state index in [9.17, 15) is 9.83 Å². The van der Waals surface area contributed by atoms with Gasteiger partial charge < -0.3 is 9.05 Å². The van der Waals surface area contributed by atoms with Gasteiger partial charge in [0.05, 0.1) is 19.3 Å². The Kier molecular flexibility index (Phi) is 5.84. The lowest BCUT2D eigenvalue weighted by Gasteiger charge is -2.21. The molecule has 0 spiro atoms. The normalized spacial score (nSPS) is 13.0. The highest BCUT2D eigenvalue weighted by atomic mass is 35.5. The first kappa shape index (κ1) is 15.2. The van der Waals surface area contributed by atoms with Gasteiger partial charge in [-0.05, 0) is 31.5 Å². The number of benzene rings is 1. The summed E-state index contributed by atoms with van der Waals surface area (Å²) in [6.45, 7) is 3.85. The molecule has 1 aromatic carbocycles. The predicted molar refractivity (Wildman–Crippen MR) is 70.7 cm³/mol. The van der Waals surface area contributed by atoms with Crippen molar-refractivity contribution in [2.45, 2.75) is 19.5 Å². The number of nitrogens with zero attached hydrogens (tertiary/aromatic N) is 1. The van der Waals surface area contributed by atoms with Crippen LogP contribution in [-0.2, 0) is 13.6 Å². The third kappa shape index (κ3) is 3.57. The molecule has 1 rings (SSSR count). The third-order valence-corrected chi connectivity index (χ3v) is 4.74. The van der Waals surface area contributed by atoms with Crippen molar-refractivity contribution in [1.82, 2.24) is 0 Å². The standard InChI is InChI=1S/C12H15ClNO3P/c1-3-16-18(15,17-4-2)12(9-14)10-6-5-7-11(13)8-10/h5-8,12H,3-4H2,1-2H3. The molecule has 0 fully saturated rings. The maximum Gasteiger partial charge on any atom is 0.352 e. The van der Waals surface area contributed by atoms with Crippen molar-refractivity contribution in [3.05, 3.63) is 34.9 Å². The van der Waals surface area contributed by atoms with Crippen molar-refractivity contribution in [2.24, 2.45) is 0 Å². The van der Waals surface area contributed by atoms with E-state index >= 15 is 0 Å². The molecule has 0 aromatic heterocycles. The van der Waals surface area contributed by atoms with Crippen molar-refractivity contribution >= 4 is 19.2 Å². The summed E-state index contributed by atoms with van der Waals surface area (Å²) in [6, 6.07) is 8.65. The van der Waals surface area contributed by atoms with Crippen LogP contribution in [-0.4, -0.2) is 13.2 Å². The Morgan fingerprint density at radius 2 is 2.00 bits per heavy atom. The second-order valence-corrected chi connectivity index (χ2v) is 6.01. The molecule has 0 aliphatic heterocycles. The third-order valence-electron chi connectivity index (χ3n) is 2.22. The van der Waals surface area contributed by atoms with Crippen LogP contribution in [0.15, 0.2) is 24.3 Å². The number of halogens is 1. The number of nitriles is 1. The summed E-state index contributed by atoms with van der Waals surface area (Å²) in [7, 11) is -3.49. The van der Waals surface area contributed by atoms with Gasteiger partial charge in [-0.15, -0.1) is 0 Å². The highest BCUT2D eigenvalue weighted by Crippen LogP contribution is 2.60. The van der Waals surface area contributed by atoms with Gasteiger partial charge in [0.2, 0.25) is 0 Å². The summed E-state index contributed by atoms with van der Waals surface area (Å²) in [5.74, 6) is 0. The Morgan fingerprint density at radius 3 is 2.44 bits per heavy atom. The molecule has 1 unspecified atom stereocenters. The number of hydrogen-bond acceptors (Lipinski definition) is 4. The first-order valence-corrected chi connectivity index (χ1v) is 7.60. The van der Waals surface area contributed by atoms with Crippen LogP contribution in [0.3, 0.4) is 0 Å². The van der Waals surface area contributed by atoms with Gasteiger partial charge in [0, 0.05) is 5.02 Å². The number of hydrogen-bond donors (Lipinski definition) is 0. The molecule has 6 heteroatoms. The molecular weight excluding hydrogens is 273 g/mol. The summed E-state index contributed by atoms with van der Waals surface area (Å²) in [4.78, 5) is 0. The Hall–Kier alpha value is -0.850. The second kappa shape index (κ2) is 6.92. The van der Waals surface area contributed by atoms with Crippen LogP contribution in [0.25, 0.3) is 0 Å². The predicted octanol–water partition coefficient (Wildman–Crippen LogP) is 4.17. The fourth-order valence-corrected chi connectivity index (χ4v) is 3.51. The van der Waals surface area contributed by atoms with Crippen LogP contribution in [0, 0.1) is 11.3 Å². The van der Waals surface area contributed by atoms with Gasteiger partial charge in [-0.3, -0.25) is 4.57 Å². The molecule has 0 saturated carbocycles. The van der Waals surface area contributed by atoms with Gasteiger partial charge in [0.1, 0.15) is 0 Å². The van der Waals surface area contributed by atoms with E-state index in [1.165, 1.54) is 0 Å². The van der Waals surface area contributed by atoms with Crippen LogP contribution >= 0.6 is 19.2 Å². The van der Waals surface area contributed by atoms with Crippen molar-refractivity contribution < 1.29 is 13.6 Å². The van der Waals surface area contributed by atoms with Crippen molar-refractivity contribution in [3.8, 4) is 6.07 Å². The highest BCUT2D eigenvalue weighted by Gasteiger charge is 2.37. The lowest BCUT2D eigenvalue weighted by molar-refractivity contribution is 0.216. The van der Waals surface area contributed by atoms with Crippen LogP contribution in [0.2, 0.25) is 5.02 Å². The van der Waals surface area contributed by atoms with E-state index in [-0.39, 0.29) is 13.2 Å². The van der Waals surface area contributed by atoms with Crippen LogP contribution in [0.5, 0.6) is 0 Å². The van der Waals surface area contributed by atoms with E-state index in [1.54, 1.807) is 38.1 Å². The molecule has 98 valence electrons. The second-order valence-electron chi connectivity index (χ2n) is 3.46. The van der Waals surface area contributed by atoms with Crippen molar-refractivity contribution in [1.29, 1.82) is 5.26 Å². The van der Waals surface area contributed by atoms with Gasteiger partial charge in [-0.25, -0.2) is 0 Å². The van der Waals surface area contributed by atoms with Gasteiger partial charge >= 0.3 is 7.60 Å². The van der Waals surface area contributed by atoms with Gasteiger partial charge in [0.25, 0.3) is 0 Å². The maximum atomic E-state index is 12.5. The molecule has 0 bridgehead atoms. The summed E-state index contributed by atoms with van der Waals surface area (Å²) >= 11 is 5.87. The lowest BCUT2D eigenvalue weighted by atomic mass is 10.2. The minimum atomic E-state index is -3.49. The molecule has 0 radical (unpaired) electrons. The number of rotatable bonds is 6. The SMILES string of the molecule is CCOP(=O)(OCC)C(C#N)c1cccc(Cl)c1. The quantitative estimate of drug-likeness (QED) is 0.737. The fraction of sp³-hybridized carbons (Fsp3) is 0.417. The highest BCUT2D eigenvalue weighted by molar-refractivity contribution is 7.54. The molecule has 0 heterocycles. The molecule has 4 nitrogen and oxygen atoms in total. The summed E-state index contributed by atoms with van der Waals surface area (Å²) in [6.07, 6.45) is 0. The van der Waals surface area contributed by atoms with E-state index in [1.807, 2.05) is 6.07 Å². The van der Waals surface area contributed by atoms with E-state index in [2.05, 4.69) is 0 Å². The van der Waals surface area contributed by atoms with Crippen LogP contribution < -0.4 is 0 Å². The first-order valence-electron chi connectivity index (χ1n) is 5.61.